The van der Waals surface area contributed by atoms with Crippen LogP contribution in [-0.2, 0) is 4.79 Å². The van der Waals surface area contributed by atoms with Crippen LogP contribution in [0.5, 0.6) is 0 Å². The molecule has 1 saturated heterocycles. The zero-order valence-corrected chi connectivity index (χ0v) is 11.3. The van der Waals surface area contributed by atoms with E-state index in [2.05, 4.69) is 16.7 Å². The minimum absolute atomic E-state index is 0.136. The van der Waals surface area contributed by atoms with Crippen LogP contribution in [0.25, 0.3) is 0 Å². The Morgan fingerprint density at radius 3 is 3.00 bits per heavy atom. The van der Waals surface area contributed by atoms with Crippen molar-refractivity contribution < 1.29 is 4.79 Å². The lowest BCUT2D eigenvalue weighted by molar-refractivity contribution is -0.117. The molecule has 1 aromatic carbocycles. The second-order valence-corrected chi connectivity index (χ2v) is 5.28. The summed E-state index contributed by atoms with van der Waals surface area (Å²) in [6.07, 6.45) is 2.97. The number of piperidine rings is 1. The Hall–Kier alpha value is -1.35. The molecule has 0 spiro atoms. The lowest BCUT2D eigenvalue weighted by Gasteiger charge is -2.22. The van der Waals surface area contributed by atoms with Crippen LogP contribution in [0.15, 0.2) is 18.2 Å². The molecule has 1 heterocycles. The van der Waals surface area contributed by atoms with Crippen molar-refractivity contribution >= 4 is 11.6 Å². The number of amides is 1. The molecule has 2 rings (SSSR count). The van der Waals surface area contributed by atoms with E-state index in [0.717, 1.165) is 30.8 Å². The number of anilines is 1. The molecule has 1 fully saturated rings. The first-order valence-electron chi connectivity index (χ1n) is 6.73. The zero-order valence-electron chi connectivity index (χ0n) is 11.3. The minimum Gasteiger partial charge on any atom is -0.326 e. The summed E-state index contributed by atoms with van der Waals surface area (Å²) in [5.41, 5.74) is 3.25. The molecular formula is C15H22N2O. The van der Waals surface area contributed by atoms with Crippen LogP contribution in [0.2, 0.25) is 0 Å². The normalized spacial score (nSPS) is 19.6. The van der Waals surface area contributed by atoms with Crippen LogP contribution in [-0.4, -0.2) is 19.0 Å². The molecule has 0 saturated carbocycles. The van der Waals surface area contributed by atoms with Crippen molar-refractivity contribution in [1.29, 1.82) is 0 Å². The number of aryl methyl sites for hydroxylation is 2. The summed E-state index contributed by atoms with van der Waals surface area (Å²) in [7, 11) is 0. The summed E-state index contributed by atoms with van der Waals surface area (Å²) < 4.78 is 0. The van der Waals surface area contributed by atoms with E-state index in [1.807, 2.05) is 26.0 Å². The van der Waals surface area contributed by atoms with Crippen LogP contribution in [0.1, 0.15) is 30.4 Å². The number of hydrogen-bond acceptors (Lipinski definition) is 2. The summed E-state index contributed by atoms with van der Waals surface area (Å²) in [5.74, 6) is 0.626. The largest absolute Gasteiger partial charge is 0.326 e. The summed E-state index contributed by atoms with van der Waals surface area (Å²) in [6, 6.07) is 6.15. The van der Waals surface area contributed by atoms with E-state index in [1.54, 1.807) is 0 Å². The van der Waals surface area contributed by atoms with Crippen molar-refractivity contribution in [2.45, 2.75) is 33.1 Å². The first kappa shape index (κ1) is 13.1. The van der Waals surface area contributed by atoms with E-state index >= 15 is 0 Å². The molecule has 1 aliphatic heterocycles. The van der Waals surface area contributed by atoms with Crippen molar-refractivity contribution in [3.63, 3.8) is 0 Å². The molecule has 1 amide bonds. The van der Waals surface area contributed by atoms with Gasteiger partial charge in [0, 0.05) is 12.1 Å². The van der Waals surface area contributed by atoms with Crippen LogP contribution >= 0.6 is 0 Å². The van der Waals surface area contributed by atoms with Gasteiger partial charge in [-0.1, -0.05) is 12.1 Å². The molecule has 0 aliphatic carbocycles. The Labute approximate surface area is 109 Å². The standard InChI is InChI=1S/C15H22N2O/c1-11-5-6-12(2)14(8-11)17-15(18)9-13-4-3-7-16-10-13/h5-6,8,13,16H,3-4,7,9-10H2,1-2H3,(H,17,18). The second-order valence-electron chi connectivity index (χ2n) is 5.28. The highest BCUT2D eigenvalue weighted by molar-refractivity contribution is 5.91. The van der Waals surface area contributed by atoms with E-state index < -0.39 is 0 Å². The second kappa shape index (κ2) is 6.01. The molecule has 3 heteroatoms. The monoisotopic (exact) mass is 246 g/mol. The molecule has 2 N–H and O–H groups in total. The Balaban J connectivity index is 1.92. The molecular weight excluding hydrogens is 224 g/mol. The third kappa shape index (κ3) is 3.57. The number of nitrogens with one attached hydrogen (secondary N) is 2. The number of carbonyl (C=O) groups excluding carboxylic acids is 1. The fourth-order valence-corrected chi connectivity index (χ4v) is 2.43. The van der Waals surface area contributed by atoms with Gasteiger partial charge in [0.05, 0.1) is 0 Å². The maximum Gasteiger partial charge on any atom is 0.224 e. The summed E-state index contributed by atoms with van der Waals surface area (Å²) in [5, 5.41) is 6.38. The molecule has 0 aromatic heterocycles. The fraction of sp³-hybridized carbons (Fsp3) is 0.533. The van der Waals surface area contributed by atoms with Crippen LogP contribution in [0.4, 0.5) is 5.69 Å². The molecule has 98 valence electrons. The number of hydrogen-bond donors (Lipinski definition) is 2. The van der Waals surface area contributed by atoms with Gasteiger partial charge in [0.2, 0.25) is 5.91 Å². The topological polar surface area (TPSA) is 41.1 Å². The predicted octanol–water partition coefficient (Wildman–Crippen LogP) is 2.63. The molecule has 3 nitrogen and oxygen atoms in total. The van der Waals surface area contributed by atoms with Gasteiger partial charge in [-0.2, -0.15) is 0 Å². The zero-order chi connectivity index (χ0) is 13.0. The average molecular weight is 246 g/mol. The van der Waals surface area contributed by atoms with E-state index in [1.165, 1.54) is 12.0 Å². The SMILES string of the molecule is Cc1ccc(C)c(NC(=O)CC2CCCNC2)c1. The summed E-state index contributed by atoms with van der Waals surface area (Å²) in [4.78, 5) is 12.0. The van der Waals surface area contributed by atoms with Gasteiger partial charge in [0.25, 0.3) is 0 Å². The van der Waals surface area contributed by atoms with E-state index in [0.29, 0.717) is 12.3 Å². The third-order valence-electron chi connectivity index (χ3n) is 3.54. The van der Waals surface area contributed by atoms with Gasteiger partial charge < -0.3 is 10.6 Å². The lowest BCUT2D eigenvalue weighted by Crippen LogP contribution is -2.32. The van der Waals surface area contributed by atoms with Crippen molar-refractivity contribution in [3.05, 3.63) is 29.3 Å². The van der Waals surface area contributed by atoms with Gasteiger partial charge in [0.15, 0.2) is 0 Å². The Morgan fingerprint density at radius 1 is 1.44 bits per heavy atom. The van der Waals surface area contributed by atoms with Crippen molar-refractivity contribution in [2.24, 2.45) is 5.92 Å². The van der Waals surface area contributed by atoms with Gasteiger partial charge in [-0.15, -0.1) is 0 Å². The van der Waals surface area contributed by atoms with Gasteiger partial charge in [-0.05, 0) is 62.9 Å². The molecule has 0 radical (unpaired) electrons. The third-order valence-corrected chi connectivity index (χ3v) is 3.54. The van der Waals surface area contributed by atoms with Gasteiger partial charge in [-0.25, -0.2) is 0 Å². The maximum absolute atomic E-state index is 12.0. The number of carbonyl (C=O) groups is 1. The molecule has 1 unspecified atom stereocenters. The highest BCUT2D eigenvalue weighted by atomic mass is 16.1. The summed E-state index contributed by atoms with van der Waals surface area (Å²) >= 11 is 0. The number of benzene rings is 1. The minimum atomic E-state index is 0.136. The first-order chi connectivity index (χ1) is 8.65. The van der Waals surface area contributed by atoms with E-state index in [9.17, 15) is 4.79 Å². The van der Waals surface area contributed by atoms with Gasteiger partial charge >= 0.3 is 0 Å². The first-order valence-corrected chi connectivity index (χ1v) is 6.73. The lowest BCUT2D eigenvalue weighted by atomic mass is 9.96. The average Bonchev–Trinajstić information content (AvgIpc) is 2.35. The number of rotatable bonds is 3. The predicted molar refractivity (Wildman–Crippen MR) is 74.8 cm³/mol. The molecule has 1 aliphatic rings. The molecule has 18 heavy (non-hydrogen) atoms. The molecule has 0 bridgehead atoms. The Kier molecular flexibility index (Phi) is 4.37. The quantitative estimate of drug-likeness (QED) is 0.861. The highest BCUT2D eigenvalue weighted by Crippen LogP contribution is 2.19. The van der Waals surface area contributed by atoms with Gasteiger partial charge in [0.1, 0.15) is 0 Å². The molecule has 1 atom stereocenters. The van der Waals surface area contributed by atoms with Crippen LogP contribution in [0, 0.1) is 19.8 Å². The van der Waals surface area contributed by atoms with E-state index in [-0.39, 0.29) is 5.91 Å². The van der Waals surface area contributed by atoms with Crippen molar-refractivity contribution in [2.75, 3.05) is 18.4 Å². The van der Waals surface area contributed by atoms with Crippen molar-refractivity contribution in [1.82, 2.24) is 5.32 Å². The van der Waals surface area contributed by atoms with Crippen LogP contribution < -0.4 is 10.6 Å². The molecule has 1 aromatic rings. The van der Waals surface area contributed by atoms with E-state index in [4.69, 9.17) is 0 Å². The van der Waals surface area contributed by atoms with Crippen molar-refractivity contribution in [3.8, 4) is 0 Å². The van der Waals surface area contributed by atoms with Crippen LogP contribution in [0.3, 0.4) is 0 Å². The Morgan fingerprint density at radius 2 is 2.28 bits per heavy atom. The summed E-state index contributed by atoms with van der Waals surface area (Å²) in [6.45, 7) is 6.13. The van der Waals surface area contributed by atoms with Gasteiger partial charge in [-0.3, -0.25) is 4.79 Å². The fourth-order valence-electron chi connectivity index (χ4n) is 2.43. The highest BCUT2D eigenvalue weighted by Gasteiger charge is 2.17. The Bertz CT molecular complexity index is 423. The smallest absolute Gasteiger partial charge is 0.224 e. The maximum atomic E-state index is 12.0.